The molecule has 1 aliphatic rings. The first kappa shape index (κ1) is 25.0. The van der Waals surface area contributed by atoms with E-state index in [0.29, 0.717) is 10.5 Å². The molecule has 186 valence electrons. The summed E-state index contributed by atoms with van der Waals surface area (Å²) in [7, 11) is 0. The third-order valence-corrected chi connectivity index (χ3v) is 5.47. The highest BCUT2D eigenvalue weighted by Gasteiger charge is 2.37. The molecule has 3 aromatic carbocycles. The second kappa shape index (κ2) is 10.3. The summed E-state index contributed by atoms with van der Waals surface area (Å²) in [5.74, 6) is -1.66. The Hall–Kier alpha value is -5.10. The van der Waals surface area contributed by atoms with Crippen LogP contribution in [0.2, 0.25) is 5.02 Å². The van der Waals surface area contributed by atoms with Crippen molar-refractivity contribution in [1.82, 2.24) is 5.32 Å². The van der Waals surface area contributed by atoms with E-state index in [1.807, 2.05) is 0 Å². The number of carbonyl (C=O) groups excluding carboxylic acids is 3. The van der Waals surface area contributed by atoms with Gasteiger partial charge in [-0.05, 0) is 54.1 Å². The average Bonchev–Trinajstić information content (AvgIpc) is 2.86. The number of benzene rings is 3. The van der Waals surface area contributed by atoms with Crippen LogP contribution in [0, 0.1) is 20.2 Å². The average molecular weight is 523 g/mol. The minimum atomic E-state index is -1.01. The number of imide groups is 2. The van der Waals surface area contributed by atoms with E-state index in [1.54, 1.807) is 0 Å². The van der Waals surface area contributed by atoms with Crippen molar-refractivity contribution in [3.05, 3.63) is 109 Å². The van der Waals surface area contributed by atoms with E-state index < -0.39 is 33.3 Å². The van der Waals surface area contributed by atoms with Crippen molar-refractivity contribution in [2.75, 3.05) is 4.90 Å². The zero-order valence-electron chi connectivity index (χ0n) is 18.6. The van der Waals surface area contributed by atoms with Gasteiger partial charge in [0.05, 0.1) is 15.5 Å². The number of carbonyl (C=O) groups is 3. The van der Waals surface area contributed by atoms with Crippen LogP contribution < -0.4 is 15.0 Å². The maximum atomic E-state index is 13.1. The molecule has 4 rings (SSSR count). The quantitative estimate of drug-likeness (QED) is 0.206. The number of halogens is 1. The number of nitrogens with one attached hydrogen (secondary N) is 1. The fourth-order valence-corrected chi connectivity index (χ4v) is 3.59. The number of urea groups is 1. The van der Waals surface area contributed by atoms with Crippen molar-refractivity contribution in [1.29, 1.82) is 0 Å². The maximum absolute atomic E-state index is 13.1. The van der Waals surface area contributed by atoms with Crippen LogP contribution in [0.4, 0.5) is 21.9 Å². The summed E-state index contributed by atoms with van der Waals surface area (Å²) in [6.07, 6.45) is 1.21. The number of non-ortho nitro benzene ring substituents is 2. The molecule has 12 nitrogen and oxygen atoms in total. The van der Waals surface area contributed by atoms with Gasteiger partial charge in [0.25, 0.3) is 23.2 Å². The van der Waals surface area contributed by atoms with Crippen LogP contribution in [0.15, 0.2) is 72.3 Å². The molecule has 0 aliphatic carbocycles. The van der Waals surface area contributed by atoms with E-state index in [0.717, 1.165) is 12.1 Å². The molecular weight excluding hydrogens is 508 g/mol. The van der Waals surface area contributed by atoms with Gasteiger partial charge in [0, 0.05) is 34.9 Å². The highest BCUT2D eigenvalue weighted by Crippen LogP contribution is 2.29. The smallest absolute Gasteiger partial charge is 0.335 e. The van der Waals surface area contributed by atoms with Crippen molar-refractivity contribution in [3.8, 4) is 5.75 Å². The molecule has 0 unspecified atom stereocenters. The highest BCUT2D eigenvalue weighted by atomic mass is 35.5. The minimum absolute atomic E-state index is 0.0172. The van der Waals surface area contributed by atoms with E-state index in [1.165, 1.54) is 60.7 Å². The number of hydrogen-bond acceptors (Lipinski definition) is 8. The number of nitrogens with zero attached hydrogens (tertiary/aromatic N) is 3. The Morgan fingerprint density at radius 3 is 2.08 bits per heavy atom. The van der Waals surface area contributed by atoms with Gasteiger partial charge in [0.1, 0.15) is 17.9 Å². The standard InChI is InChI=1S/C24H15ClN4O8/c25-16-3-10-21(37-13-14-1-4-18(5-2-14)28(33)34)15(11-16)12-20-22(30)26-24(32)27(23(20)31)17-6-8-19(9-7-17)29(35)36/h1-12H,13H2,(H,26,30,32)/b20-12+. The van der Waals surface area contributed by atoms with E-state index >= 15 is 0 Å². The molecule has 1 aliphatic heterocycles. The number of amides is 4. The third kappa shape index (κ3) is 5.44. The molecule has 0 radical (unpaired) electrons. The number of nitro benzene ring substituents is 2. The number of rotatable bonds is 7. The Bertz CT molecular complexity index is 1470. The zero-order chi connectivity index (χ0) is 26.7. The van der Waals surface area contributed by atoms with Gasteiger partial charge in [0.2, 0.25) is 0 Å². The molecule has 0 bridgehead atoms. The van der Waals surface area contributed by atoms with Gasteiger partial charge in [-0.2, -0.15) is 0 Å². The summed E-state index contributed by atoms with van der Waals surface area (Å²) in [4.78, 5) is 59.3. The van der Waals surface area contributed by atoms with Gasteiger partial charge in [0.15, 0.2) is 0 Å². The van der Waals surface area contributed by atoms with E-state index in [4.69, 9.17) is 16.3 Å². The fraction of sp³-hybridized carbons (Fsp3) is 0.0417. The molecule has 0 aromatic heterocycles. The fourth-order valence-electron chi connectivity index (χ4n) is 3.41. The first-order valence-corrected chi connectivity index (χ1v) is 10.8. The van der Waals surface area contributed by atoms with Gasteiger partial charge in [-0.1, -0.05) is 11.6 Å². The van der Waals surface area contributed by atoms with Crippen molar-refractivity contribution < 1.29 is 29.0 Å². The molecule has 1 saturated heterocycles. The predicted molar refractivity (Wildman–Crippen MR) is 131 cm³/mol. The molecule has 0 atom stereocenters. The van der Waals surface area contributed by atoms with Crippen LogP contribution in [0.5, 0.6) is 5.75 Å². The Balaban J connectivity index is 1.63. The number of barbiturate groups is 1. The monoisotopic (exact) mass is 522 g/mol. The third-order valence-electron chi connectivity index (χ3n) is 5.23. The molecule has 3 aromatic rings. The first-order valence-electron chi connectivity index (χ1n) is 10.5. The summed E-state index contributed by atoms with van der Waals surface area (Å²) in [6.45, 7) is 0.0172. The lowest BCUT2D eigenvalue weighted by molar-refractivity contribution is -0.385. The van der Waals surface area contributed by atoms with E-state index in [2.05, 4.69) is 5.32 Å². The molecule has 0 saturated carbocycles. The second-order valence-electron chi connectivity index (χ2n) is 7.63. The number of nitro groups is 2. The summed E-state index contributed by atoms with van der Waals surface area (Å²) < 4.78 is 5.80. The van der Waals surface area contributed by atoms with Crippen LogP contribution in [0.3, 0.4) is 0 Å². The number of ether oxygens (including phenoxy) is 1. The Kier molecular flexibility index (Phi) is 6.93. The molecule has 37 heavy (non-hydrogen) atoms. The lowest BCUT2D eigenvalue weighted by Gasteiger charge is -2.26. The summed E-state index contributed by atoms with van der Waals surface area (Å²) in [5, 5.41) is 24.1. The van der Waals surface area contributed by atoms with Crippen LogP contribution >= 0.6 is 11.6 Å². The number of anilines is 1. The van der Waals surface area contributed by atoms with E-state index in [-0.39, 0.29) is 40.0 Å². The van der Waals surface area contributed by atoms with Gasteiger partial charge >= 0.3 is 6.03 Å². The summed E-state index contributed by atoms with van der Waals surface area (Å²) in [5.41, 5.74) is 0.183. The van der Waals surface area contributed by atoms with Crippen LogP contribution in [-0.4, -0.2) is 27.7 Å². The second-order valence-corrected chi connectivity index (χ2v) is 8.06. The van der Waals surface area contributed by atoms with Crippen LogP contribution in [0.1, 0.15) is 11.1 Å². The van der Waals surface area contributed by atoms with Gasteiger partial charge in [-0.3, -0.25) is 35.1 Å². The molecule has 1 fully saturated rings. The topological polar surface area (TPSA) is 162 Å². The first-order chi connectivity index (χ1) is 17.6. The van der Waals surface area contributed by atoms with Gasteiger partial charge in [-0.25, -0.2) is 9.69 Å². The SMILES string of the molecule is O=C1NC(=O)N(c2ccc([N+](=O)[O-])cc2)C(=O)/C1=C/c1cc(Cl)ccc1OCc1ccc([N+](=O)[O-])cc1. The Morgan fingerprint density at radius 2 is 1.49 bits per heavy atom. The van der Waals surface area contributed by atoms with Crippen LogP contribution in [0.25, 0.3) is 6.08 Å². The van der Waals surface area contributed by atoms with Crippen molar-refractivity contribution in [2.45, 2.75) is 6.61 Å². The molecule has 13 heteroatoms. The van der Waals surface area contributed by atoms with Gasteiger partial charge < -0.3 is 4.74 Å². The largest absolute Gasteiger partial charge is 0.488 e. The predicted octanol–water partition coefficient (Wildman–Crippen LogP) is 4.40. The normalized spacial score (nSPS) is 14.5. The Morgan fingerprint density at radius 1 is 0.892 bits per heavy atom. The lowest BCUT2D eigenvalue weighted by atomic mass is 10.1. The lowest BCUT2D eigenvalue weighted by Crippen LogP contribution is -2.54. The summed E-state index contributed by atoms with van der Waals surface area (Å²) in [6, 6.07) is 13.9. The Labute approximate surface area is 213 Å². The maximum Gasteiger partial charge on any atom is 0.335 e. The van der Waals surface area contributed by atoms with Crippen LogP contribution in [-0.2, 0) is 16.2 Å². The molecular formula is C24H15ClN4O8. The van der Waals surface area contributed by atoms with Crippen molar-refractivity contribution in [2.24, 2.45) is 0 Å². The van der Waals surface area contributed by atoms with Crippen molar-refractivity contribution in [3.63, 3.8) is 0 Å². The van der Waals surface area contributed by atoms with Gasteiger partial charge in [-0.15, -0.1) is 0 Å². The highest BCUT2D eigenvalue weighted by molar-refractivity contribution is 6.39. The van der Waals surface area contributed by atoms with E-state index in [9.17, 15) is 34.6 Å². The zero-order valence-corrected chi connectivity index (χ0v) is 19.4. The molecule has 0 spiro atoms. The molecule has 1 heterocycles. The molecule has 4 amide bonds. The molecule has 1 N–H and O–H groups in total. The summed E-state index contributed by atoms with van der Waals surface area (Å²) >= 11 is 6.11. The number of hydrogen-bond donors (Lipinski definition) is 1. The van der Waals surface area contributed by atoms with Crippen molar-refractivity contribution >= 4 is 52.6 Å². The minimum Gasteiger partial charge on any atom is -0.488 e.